The SMILES string of the molecule is CS(=O)(=O)c1ccc([C@@H](O)[C@@H](CF)NC(=O)CC(F)(F)F)cc1. The molecule has 0 radical (unpaired) electrons. The molecule has 0 aliphatic rings. The molecule has 0 saturated carbocycles. The Kier molecular flexibility index (Phi) is 6.11. The number of halogens is 4. The van der Waals surface area contributed by atoms with E-state index in [2.05, 4.69) is 0 Å². The van der Waals surface area contributed by atoms with Crippen molar-refractivity contribution in [1.82, 2.24) is 5.32 Å². The number of carbonyl (C=O) groups is 1. The van der Waals surface area contributed by atoms with Gasteiger partial charge in [0, 0.05) is 6.26 Å². The van der Waals surface area contributed by atoms with Crippen molar-refractivity contribution in [2.45, 2.75) is 29.6 Å². The van der Waals surface area contributed by atoms with Crippen molar-refractivity contribution in [2.24, 2.45) is 0 Å². The molecule has 0 saturated heterocycles. The van der Waals surface area contributed by atoms with Gasteiger partial charge in [-0.25, -0.2) is 12.8 Å². The molecule has 2 N–H and O–H groups in total. The zero-order valence-electron chi connectivity index (χ0n) is 12.0. The van der Waals surface area contributed by atoms with Gasteiger partial charge in [0.05, 0.1) is 10.9 Å². The van der Waals surface area contributed by atoms with Crippen LogP contribution in [0.5, 0.6) is 0 Å². The van der Waals surface area contributed by atoms with Crippen LogP contribution in [0.4, 0.5) is 17.6 Å². The molecule has 1 aromatic carbocycles. The highest BCUT2D eigenvalue weighted by molar-refractivity contribution is 7.90. The van der Waals surface area contributed by atoms with E-state index in [1.807, 2.05) is 0 Å². The largest absolute Gasteiger partial charge is 0.397 e. The Labute approximate surface area is 130 Å². The molecule has 0 fully saturated rings. The zero-order valence-corrected chi connectivity index (χ0v) is 12.8. The van der Waals surface area contributed by atoms with Gasteiger partial charge in [0.25, 0.3) is 0 Å². The second kappa shape index (κ2) is 7.26. The Morgan fingerprint density at radius 2 is 1.78 bits per heavy atom. The number of aliphatic hydroxyl groups excluding tert-OH is 1. The van der Waals surface area contributed by atoms with E-state index < -0.39 is 47.2 Å². The monoisotopic (exact) mass is 357 g/mol. The summed E-state index contributed by atoms with van der Waals surface area (Å²) in [5.74, 6) is -1.47. The maximum Gasteiger partial charge on any atom is 0.397 e. The number of sulfone groups is 1. The Balaban J connectivity index is 2.84. The molecule has 1 aromatic rings. The molecular weight excluding hydrogens is 342 g/mol. The van der Waals surface area contributed by atoms with Crippen LogP contribution in [0.2, 0.25) is 0 Å². The van der Waals surface area contributed by atoms with E-state index in [0.717, 1.165) is 6.26 Å². The fourth-order valence-electron chi connectivity index (χ4n) is 1.79. The summed E-state index contributed by atoms with van der Waals surface area (Å²) in [6.07, 6.45) is -7.18. The highest BCUT2D eigenvalue weighted by atomic mass is 32.2. The van der Waals surface area contributed by atoms with Gasteiger partial charge < -0.3 is 10.4 Å². The van der Waals surface area contributed by atoms with E-state index in [9.17, 15) is 35.9 Å². The molecule has 23 heavy (non-hydrogen) atoms. The number of alkyl halides is 4. The van der Waals surface area contributed by atoms with Gasteiger partial charge in [0.1, 0.15) is 19.2 Å². The van der Waals surface area contributed by atoms with Crippen molar-refractivity contribution >= 4 is 15.7 Å². The van der Waals surface area contributed by atoms with Crippen LogP contribution in [-0.4, -0.2) is 44.6 Å². The summed E-state index contributed by atoms with van der Waals surface area (Å²) in [5, 5.41) is 11.7. The van der Waals surface area contributed by atoms with Crippen molar-refractivity contribution in [3.63, 3.8) is 0 Å². The molecule has 0 unspecified atom stereocenters. The average molecular weight is 357 g/mol. The summed E-state index contributed by atoms with van der Waals surface area (Å²) >= 11 is 0. The summed E-state index contributed by atoms with van der Waals surface area (Å²) in [6, 6.07) is 3.15. The van der Waals surface area contributed by atoms with Gasteiger partial charge in [-0.3, -0.25) is 4.79 Å². The predicted octanol–water partition coefficient (Wildman–Crippen LogP) is 1.53. The highest BCUT2D eigenvalue weighted by Gasteiger charge is 2.33. The van der Waals surface area contributed by atoms with Crippen molar-refractivity contribution < 1.29 is 35.9 Å². The number of nitrogens with one attached hydrogen (secondary N) is 1. The van der Waals surface area contributed by atoms with Crippen LogP contribution >= 0.6 is 0 Å². The first-order valence-electron chi connectivity index (χ1n) is 6.34. The lowest BCUT2D eigenvalue weighted by Crippen LogP contribution is -2.42. The van der Waals surface area contributed by atoms with Crippen LogP contribution < -0.4 is 5.32 Å². The van der Waals surface area contributed by atoms with Gasteiger partial charge in [0.15, 0.2) is 9.84 Å². The van der Waals surface area contributed by atoms with Crippen LogP contribution in [-0.2, 0) is 14.6 Å². The maximum absolute atomic E-state index is 12.9. The summed E-state index contributed by atoms with van der Waals surface area (Å²) < 4.78 is 71.7. The third-order valence-corrected chi connectivity index (χ3v) is 4.03. The van der Waals surface area contributed by atoms with E-state index in [-0.39, 0.29) is 10.5 Å². The van der Waals surface area contributed by atoms with Crippen molar-refractivity contribution in [1.29, 1.82) is 0 Å². The van der Waals surface area contributed by atoms with E-state index in [4.69, 9.17) is 0 Å². The van der Waals surface area contributed by atoms with E-state index in [1.165, 1.54) is 24.3 Å². The quantitative estimate of drug-likeness (QED) is 0.757. The van der Waals surface area contributed by atoms with Crippen molar-refractivity contribution in [3.8, 4) is 0 Å². The van der Waals surface area contributed by atoms with E-state index >= 15 is 0 Å². The molecule has 0 spiro atoms. The van der Waals surface area contributed by atoms with Crippen LogP contribution in [0.1, 0.15) is 18.1 Å². The Morgan fingerprint density at radius 3 is 2.17 bits per heavy atom. The fraction of sp³-hybridized carbons (Fsp3) is 0.462. The van der Waals surface area contributed by atoms with Gasteiger partial charge in [-0.2, -0.15) is 13.2 Å². The summed E-state index contributed by atoms with van der Waals surface area (Å²) in [6.45, 7) is -1.29. The first-order chi connectivity index (χ1) is 10.4. The van der Waals surface area contributed by atoms with Crippen LogP contribution in [0.3, 0.4) is 0 Å². The molecule has 130 valence electrons. The molecule has 0 heterocycles. The Bertz CT molecular complexity index is 643. The van der Waals surface area contributed by atoms with Crippen LogP contribution in [0.15, 0.2) is 29.2 Å². The molecule has 0 aliphatic heterocycles. The maximum atomic E-state index is 12.9. The smallest absolute Gasteiger partial charge is 0.386 e. The average Bonchev–Trinajstić information content (AvgIpc) is 2.41. The molecule has 10 heteroatoms. The second-order valence-electron chi connectivity index (χ2n) is 4.91. The molecule has 0 aromatic heterocycles. The third-order valence-electron chi connectivity index (χ3n) is 2.90. The van der Waals surface area contributed by atoms with Crippen molar-refractivity contribution in [3.05, 3.63) is 29.8 Å². The van der Waals surface area contributed by atoms with Crippen LogP contribution in [0.25, 0.3) is 0 Å². The Hall–Kier alpha value is -1.68. The molecule has 0 aliphatic carbocycles. The minimum atomic E-state index is -4.74. The number of aliphatic hydroxyl groups is 1. The highest BCUT2D eigenvalue weighted by Crippen LogP contribution is 2.22. The van der Waals surface area contributed by atoms with Gasteiger partial charge in [-0.15, -0.1) is 0 Å². The Morgan fingerprint density at radius 1 is 1.26 bits per heavy atom. The number of rotatable bonds is 6. The number of benzene rings is 1. The second-order valence-corrected chi connectivity index (χ2v) is 6.92. The summed E-state index contributed by atoms with van der Waals surface area (Å²) in [4.78, 5) is 11.1. The third kappa shape index (κ3) is 6.14. The molecule has 5 nitrogen and oxygen atoms in total. The van der Waals surface area contributed by atoms with E-state index in [0.29, 0.717) is 0 Å². The molecule has 1 rings (SSSR count). The molecule has 0 bridgehead atoms. The minimum absolute atomic E-state index is 0.0358. The predicted molar refractivity (Wildman–Crippen MR) is 73.1 cm³/mol. The standard InChI is InChI=1S/C13H15F4NO4S/c1-23(21,22)9-4-2-8(3-5-9)12(20)10(7-14)18-11(19)6-13(15,16)17/h2-5,10,12,20H,6-7H2,1H3,(H,18,19)/t10-,12-/m1/s1. The normalized spacial score (nSPS) is 15.0. The summed E-state index contributed by atoms with van der Waals surface area (Å²) in [5.41, 5.74) is 0.0624. The lowest BCUT2D eigenvalue weighted by atomic mass is 10.0. The first kappa shape index (κ1) is 19.4. The first-order valence-corrected chi connectivity index (χ1v) is 8.23. The number of carbonyl (C=O) groups excluding carboxylic acids is 1. The van der Waals surface area contributed by atoms with Gasteiger partial charge in [0.2, 0.25) is 5.91 Å². The lowest BCUT2D eigenvalue weighted by Gasteiger charge is -2.22. The number of hydrogen-bond acceptors (Lipinski definition) is 4. The lowest BCUT2D eigenvalue weighted by molar-refractivity contribution is -0.154. The van der Waals surface area contributed by atoms with E-state index in [1.54, 1.807) is 5.32 Å². The molecule has 2 atom stereocenters. The zero-order chi connectivity index (χ0) is 17.8. The molecular formula is C13H15F4NO4S. The topological polar surface area (TPSA) is 83.5 Å². The number of hydrogen-bond donors (Lipinski definition) is 2. The van der Waals surface area contributed by atoms with Gasteiger partial charge in [-0.1, -0.05) is 12.1 Å². The van der Waals surface area contributed by atoms with Gasteiger partial charge in [-0.05, 0) is 17.7 Å². The summed E-state index contributed by atoms with van der Waals surface area (Å²) in [7, 11) is -3.46. The molecule has 1 amide bonds. The van der Waals surface area contributed by atoms with Crippen LogP contribution in [0, 0.1) is 0 Å². The van der Waals surface area contributed by atoms with Gasteiger partial charge >= 0.3 is 6.18 Å². The van der Waals surface area contributed by atoms with Crippen molar-refractivity contribution in [2.75, 3.05) is 12.9 Å². The minimum Gasteiger partial charge on any atom is -0.386 e. The fourth-order valence-corrected chi connectivity index (χ4v) is 2.42. The number of amides is 1.